The van der Waals surface area contributed by atoms with Crippen molar-refractivity contribution in [1.82, 2.24) is 30.4 Å². The molecular formula is C19H14BrN7O. The predicted octanol–water partition coefficient (Wildman–Crippen LogP) is 3.19. The fraction of sp³-hybridized carbons (Fsp3) is 0.105. The summed E-state index contributed by atoms with van der Waals surface area (Å²) in [7, 11) is 0. The zero-order valence-electron chi connectivity index (χ0n) is 14.7. The van der Waals surface area contributed by atoms with Gasteiger partial charge in [0.25, 0.3) is 5.56 Å². The fourth-order valence-electron chi connectivity index (χ4n) is 3.42. The Morgan fingerprint density at radius 3 is 2.57 bits per heavy atom. The second kappa shape index (κ2) is 6.38. The summed E-state index contributed by atoms with van der Waals surface area (Å²) < 4.78 is 2.63. The van der Waals surface area contributed by atoms with Crippen LogP contribution in [0.1, 0.15) is 22.7 Å². The minimum atomic E-state index is -0.388. The van der Waals surface area contributed by atoms with E-state index in [0.717, 1.165) is 26.7 Å². The summed E-state index contributed by atoms with van der Waals surface area (Å²) in [5.41, 5.74) is 4.49. The van der Waals surface area contributed by atoms with Crippen LogP contribution in [0.4, 0.5) is 11.6 Å². The first-order valence-electron chi connectivity index (χ1n) is 8.62. The highest BCUT2D eigenvalue weighted by molar-refractivity contribution is 9.10. The van der Waals surface area contributed by atoms with Gasteiger partial charge in [0, 0.05) is 15.6 Å². The first kappa shape index (κ1) is 16.8. The minimum absolute atomic E-state index is 0.317. The van der Waals surface area contributed by atoms with Crippen LogP contribution >= 0.6 is 15.9 Å². The van der Waals surface area contributed by atoms with E-state index in [1.807, 2.05) is 55.5 Å². The van der Waals surface area contributed by atoms with Crippen molar-refractivity contribution in [3.63, 3.8) is 0 Å². The van der Waals surface area contributed by atoms with Gasteiger partial charge in [0.05, 0.1) is 5.69 Å². The number of anilines is 2. The number of hydrogen-bond acceptors (Lipinski definition) is 6. The summed E-state index contributed by atoms with van der Waals surface area (Å²) in [6.07, 6.45) is 0. The number of fused-ring (bicyclic) bond motifs is 2. The highest BCUT2D eigenvalue weighted by Gasteiger charge is 2.34. The first-order chi connectivity index (χ1) is 13.6. The van der Waals surface area contributed by atoms with Gasteiger partial charge in [-0.05, 0) is 35.0 Å². The summed E-state index contributed by atoms with van der Waals surface area (Å²) in [5, 5.41) is 22.0. The van der Waals surface area contributed by atoms with Gasteiger partial charge in [0.1, 0.15) is 11.7 Å². The molecule has 0 aliphatic carbocycles. The second-order valence-corrected chi connectivity index (χ2v) is 7.50. The van der Waals surface area contributed by atoms with Gasteiger partial charge in [-0.2, -0.15) is 9.78 Å². The SMILES string of the molecule is Cc1ccc(-c2n[nH]c(=O)c3c2[C@@H](c2ccc(Br)cc2)n2nnnc2N3)cc1. The molecular weight excluding hydrogens is 422 g/mol. The molecule has 0 saturated heterocycles. The number of rotatable bonds is 2. The zero-order valence-corrected chi connectivity index (χ0v) is 16.3. The summed E-state index contributed by atoms with van der Waals surface area (Å²) in [6.45, 7) is 2.03. The summed E-state index contributed by atoms with van der Waals surface area (Å²) in [4.78, 5) is 12.6. The quantitative estimate of drug-likeness (QED) is 0.441. The van der Waals surface area contributed by atoms with Crippen molar-refractivity contribution in [1.29, 1.82) is 0 Å². The molecule has 0 fully saturated rings. The maximum atomic E-state index is 12.6. The Morgan fingerprint density at radius 1 is 1.07 bits per heavy atom. The van der Waals surface area contributed by atoms with E-state index in [2.05, 4.69) is 47.0 Å². The predicted molar refractivity (Wildman–Crippen MR) is 108 cm³/mol. The molecule has 0 bridgehead atoms. The standard InChI is InChI=1S/C19H14BrN7O/c1-10-2-4-11(5-3-10)15-14-16(18(28)23-22-15)21-19-24-25-26-27(19)17(14)12-6-8-13(20)9-7-12/h2-9,17H,1H3,(H,23,28)(H,21,24,26)/t17-/m1/s1. The number of benzene rings is 2. The lowest BCUT2D eigenvalue weighted by atomic mass is 9.92. The number of nitrogens with one attached hydrogen (secondary N) is 2. The third-order valence-electron chi connectivity index (χ3n) is 4.78. The Balaban J connectivity index is 1.81. The van der Waals surface area contributed by atoms with E-state index in [1.165, 1.54) is 0 Å². The molecule has 4 aromatic rings. The van der Waals surface area contributed by atoms with Crippen LogP contribution in [0.25, 0.3) is 11.3 Å². The average molecular weight is 436 g/mol. The molecule has 0 unspecified atom stereocenters. The van der Waals surface area contributed by atoms with Gasteiger partial charge in [0.2, 0.25) is 5.95 Å². The van der Waals surface area contributed by atoms with E-state index in [0.29, 0.717) is 17.3 Å². The average Bonchev–Trinajstić information content (AvgIpc) is 3.17. The van der Waals surface area contributed by atoms with Gasteiger partial charge in [-0.1, -0.05) is 63.0 Å². The molecule has 9 heteroatoms. The maximum absolute atomic E-state index is 12.6. The van der Waals surface area contributed by atoms with Crippen LogP contribution in [0.5, 0.6) is 0 Å². The van der Waals surface area contributed by atoms with Crippen LogP contribution in [-0.2, 0) is 0 Å². The highest BCUT2D eigenvalue weighted by atomic mass is 79.9. The number of aryl methyl sites for hydroxylation is 1. The second-order valence-electron chi connectivity index (χ2n) is 6.58. The van der Waals surface area contributed by atoms with Crippen LogP contribution in [-0.4, -0.2) is 30.4 Å². The molecule has 0 amide bonds. The third kappa shape index (κ3) is 2.63. The van der Waals surface area contributed by atoms with Gasteiger partial charge in [-0.25, -0.2) is 5.10 Å². The number of hydrogen-bond donors (Lipinski definition) is 2. The van der Waals surface area contributed by atoms with E-state index in [4.69, 9.17) is 0 Å². The van der Waals surface area contributed by atoms with Gasteiger partial charge in [-0.15, -0.1) is 0 Å². The van der Waals surface area contributed by atoms with Crippen LogP contribution < -0.4 is 10.9 Å². The number of H-pyrrole nitrogens is 1. The molecule has 0 saturated carbocycles. The number of aromatic amines is 1. The molecule has 3 heterocycles. The summed E-state index contributed by atoms with van der Waals surface area (Å²) >= 11 is 3.47. The minimum Gasteiger partial charge on any atom is -0.318 e. The molecule has 0 radical (unpaired) electrons. The van der Waals surface area contributed by atoms with E-state index in [-0.39, 0.29) is 11.6 Å². The monoisotopic (exact) mass is 435 g/mol. The number of halogens is 1. The smallest absolute Gasteiger partial charge is 0.288 e. The number of nitrogens with zero attached hydrogens (tertiary/aromatic N) is 5. The van der Waals surface area contributed by atoms with Crippen molar-refractivity contribution in [3.8, 4) is 11.3 Å². The van der Waals surface area contributed by atoms with E-state index >= 15 is 0 Å². The van der Waals surface area contributed by atoms with E-state index in [1.54, 1.807) is 4.68 Å². The molecule has 5 rings (SSSR count). The molecule has 2 N–H and O–H groups in total. The third-order valence-corrected chi connectivity index (χ3v) is 5.31. The first-order valence-corrected chi connectivity index (χ1v) is 9.41. The van der Waals surface area contributed by atoms with Gasteiger partial charge in [0.15, 0.2) is 0 Å². The topological polar surface area (TPSA) is 101 Å². The van der Waals surface area contributed by atoms with Crippen LogP contribution in [0, 0.1) is 6.92 Å². The fourth-order valence-corrected chi connectivity index (χ4v) is 3.69. The van der Waals surface area contributed by atoms with Crippen molar-refractivity contribution in [2.45, 2.75) is 13.0 Å². The maximum Gasteiger partial charge on any atom is 0.288 e. The van der Waals surface area contributed by atoms with Gasteiger partial charge < -0.3 is 5.32 Å². The van der Waals surface area contributed by atoms with Crippen LogP contribution in [0.15, 0.2) is 57.8 Å². The Labute approximate surface area is 167 Å². The number of aromatic nitrogens is 6. The molecule has 8 nitrogen and oxygen atoms in total. The lowest BCUT2D eigenvalue weighted by Gasteiger charge is -2.27. The molecule has 28 heavy (non-hydrogen) atoms. The van der Waals surface area contributed by atoms with Crippen molar-refractivity contribution in [3.05, 3.63) is 80.0 Å². The normalized spacial score (nSPS) is 14.9. The lowest BCUT2D eigenvalue weighted by molar-refractivity contribution is 0.567. The van der Waals surface area contributed by atoms with Crippen molar-refractivity contribution in [2.75, 3.05) is 5.32 Å². The van der Waals surface area contributed by atoms with Crippen LogP contribution in [0.3, 0.4) is 0 Å². The molecule has 1 atom stereocenters. The van der Waals surface area contributed by atoms with Crippen molar-refractivity contribution < 1.29 is 0 Å². The van der Waals surface area contributed by atoms with E-state index in [9.17, 15) is 4.79 Å². The Kier molecular flexibility index (Phi) is 3.83. The van der Waals surface area contributed by atoms with Gasteiger partial charge >= 0.3 is 0 Å². The number of tetrazole rings is 1. The summed E-state index contributed by atoms with van der Waals surface area (Å²) in [5.74, 6) is 0.409. The molecule has 0 spiro atoms. The molecule has 1 aliphatic rings. The largest absolute Gasteiger partial charge is 0.318 e. The lowest BCUT2D eigenvalue weighted by Crippen LogP contribution is -2.29. The highest BCUT2D eigenvalue weighted by Crippen LogP contribution is 2.41. The summed E-state index contributed by atoms with van der Waals surface area (Å²) in [6, 6.07) is 15.5. The molecule has 138 valence electrons. The Hall–Kier alpha value is -3.33. The Morgan fingerprint density at radius 2 is 1.82 bits per heavy atom. The Bertz CT molecular complexity index is 1230. The molecule has 2 aromatic heterocycles. The van der Waals surface area contributed by atoms with Crippen LogP contribution in [0.2, 0.25) is 0 Å². The molecule has 1 aliphatic heterocycles. The van der Waals surface area contributed by atoms with Gasteiger partial charge in [-0.3, -0.25) is 4.79 Å². The zero-order chi connectivity index (χ0) is 19.3. The van der Waals surface area contributed by atoms with E-state index < -0.39 is 0 Å². The van der Waals surface area contributed by atoms with Crippen molar-refractivity contribution in [2.24, 2.45) is 0 Å². The van der Waals surface area contributed by atoms with Crippen molar-refractivity contribution >= 4 is 27.6 Å². The molecule has 2 aromatic carbocycles.